The molecule has 1 aliphatic rings. The first-order chi connectivity index (χ1) is 16.6. The minimum absolute atomic E-state index is 0.118. The molecule has 188 valence electrons. The van der Waals surface area contributed by atoms with Crippen molar-refractivity contribution in [3.63, 3.8) is 0 Å². The van der Waals surface area contributed by atoms with Crippen molar-refractivity contribution in [3.8, 4) is 0 Å². The van der Waals surface area contributed by atoms with Gasteiger partial charge >= 0.3 is 10.2 Å². The number of carbonyl (C=O) groups is 1. The van der Waals surface area contributed by atoms with Crippen molar-refractivity contribution in [2.24, 2.45) is 13.0 Å². The number of carbonyl (C=O) groups excluding carboxylic acids is 1. The number of nitrogens with one attached hydrogen (secondary N) is 1. The molecule has 35 heavy (non-hydrogen) atoms. The zero-order valence-electron chi connectivity index (χ0n) is 21.0. The molecule has 1 fully saturated rings. The smallest absolute Gasteiger partial charge is 0.301 e. The van der Waals surface area contributed by atoms with Crippen molar-refractivity contribution in [1.29, 1.82) is 0 Å². The highest BCUT2D eigenvalue weighted by molar-refractivity contribution is 7.90. The lowest BCUT2D eigenvalue weighted by Gasteiger charge is -2.36. The second-order valence-electron chi connectivity index (χ2n) is 9.58. The number of rotatable bonds is 7. The number of fused-ring (bicyclic) bond motifs is 1. The van der Waals surface area contributed by atoms with E-state index in [1.54, 1.807) is 12.1 Å². The van der Waals surface area contributed by atoms with Gasteiger partial charge in [-0.15, -0.1) is 0 Å². The molecule has 9 nitrogen and oxygen atoms in total. The summed E-state index contributed by atoms with van der Waals surface area (Å²) in [6.07, 6.45) is 0.757. The van der Waals surface area contributed by atoms with Crippen LogP contribution in [-0.4, -0.2) is 73.4 Å². The van der Waals surface area contributed by atoms with Crippen LogP contribution in [0.5, 0.6) is 0 Å². The van der Waals surface area contributed by atoms with Gasteiger partial charge in [-0.05, 0) is 30.2 Å². The molecule has 0 spiro atoms. The van der Waals surface area contributed by atoms with Gasteiger partial charge in [-0.2, -0.15) is 12.7 Å². The monoisotopic (exact) mass is 498 g/mol. The summed E-state index contributed by atoms with van der Waals surface area (Å²) in [5, 5.41) is 0. The zero-order valence-corrected chi connectivity index (χ0v) is 21.8. The number of nitrogens with zero attached hydrogens (tertiary/aromatic N) is 5. The van der Waals surface area contributed by atoms with Gasteiger partial charge in [0.2, 0.25) is 0 Å². The van der Waals surface area contributed by atoms with E-state index in [9.17, 15) is 13.2 Å². The largest absolute Gasteiger partial charge is 0.368 e. The predicted molar refractivity (Wildman–Crippen MR) is 140 cm³/mol. The van der Waals surface area contributed by atoms with E-state index in [4.69, 9.17) is 4.98 Å². The Hall–Kier alpha value is -3.11. The molecule has 2 aromatic carbocycles. The van der Waals surface area contributed by atoms with Crippen molar-refractivity contribution < 1.29 is 13.2 Å². The Balaban J connectivity index is 1.68. The quantitative estimate of drug-likeness (QED) is 0.541. The van der Waals surface area contributed by atoms with Gasteiger partial charge in [0.1, 0.15) is 5.82 Å². The summed E-state index contributed by atoms with van der Waals surface area (Å²) in [7, 11) is 1.11. The lowest BCUT2D eigenvalue weighted by atomic mass is 10.1. The number of hydrogen-bond donors (Lipinski definition) is 1. The SMILES string of the molecule is CC(C)Cc1nc2cc(NS(=O)(=O)N(C)C)cc(C(=O)N3CCN(c4ccccc4)CC3)c2n1C. The van der Waals surface area contributed by atoms with E-state index in [1.807, 2.05) is 34.7 Å². The van der Waals surface area contributed by atoms with Gasteiger partial charge in [0, 0.05) is 59.4 Å². The Kier molecular flexibility index (Phi) is 7.05. The topological polar surface area (TPSA) is 90.8 Å². The average Bonchev–Trinajstić information content (AvgIpc) is 3.12. The first-order valence-electron chi connectivity index (χ1n) is 11.9. The molecule has 1 aliphatic heterocycles. The number of piperazine rings is 1. The Bertz CT molecular complexity index is 1310. The fourth-order valence-corrected chi connectivity index (χ4v) is 4.99. The van der Waals surface area contributed by atoms with Crippen LogP contribution in [0.15, 0.2) is 42.5 Å². The standard InChI is InChI=1S/C25H34N6O3S/c1-18(2)15-23-26-22-17-19(27-35(33,34)28(3)4)16-21(24(22)29(23)5)25(32)31-13-11-30(12-14-31)20-9-7-6-8-10-20/h6-10,16-18,27H,11-15H2,1-5H3. The van der Waals surface area contributed by atoms with Gasteiger partial charge in [-0.25, -0.2) is 4.98 Å². The van der Waals surface area contributed by atoms with E-state index in [2.05, 4.69) is 35.6 Å². The number of amides is 1. The van der Waals surface area contributed by atoms with Gasteiger partial charge in [0.25, 0.3) is 5.91 Å². The molecule has 0 bridgehead atoms. The van der Waals surface area contributed by atoms with Crippen LogP contribution < -0.4 is 9.62 Å². The summed E-state index contributed by atoms with van der Waals surface area (Å²) in [5.74, 6) is 1.14. The first-order valence-corrected chi connectivity index (χ1v) is 13.3. The van der Waals surface area contributed by atoms with Crippen LogP contribution in [0.25, 0.3) is 11.0 Å². The highest BCUT2D eigenvalue weighted by Crippen LogP contribution is 2.28. The fraction of sp³-hybridized carbons (Fsp3) is 0.440. The summed E-state index contributed by atoms with van der Waals surface area (Å²) in [5.41, 5.74) is 3.26. The Morgan fingerprint density at radius 1 is 1.09 bits per heavy atom. The number of imidazole rings is 1. The second-order valence-corrected chi connectivity index (χ2v) is 11.5. The molecule has 0 atom stereocenters. The molecule has 1 amide bonds. The Labute approximate surface area is 207 Å². The summed E-state index contributed by atoms with van der Waals surface area (Å²) < 4.78 is 30.6. The molecular weight excluding hydrogens is 464 g/mol. The van der Waals surface area contributed by atoms with Crippen molar-refractivity contribution in [2.45, 2.75) is 20.3 Å². The lowest BCUT2D eigenvalue weighted by Crippen LogP contribution is -2.48. The van der Waals surface area contributed by atoms with Crippen molar-refractivity contribution in [3.05, 3.63) is 53.9 Å². The highest BCUT2D eigenvalue weighted by atomic mass is 32.2. The third kappa shape index (κ3) is 5.28. The van der Waals surface area contributed by atoms with Crippen molar-refractivity contribution in [2.75, 3.05) is 49.9 Å². The minimum Gasteiger partial charge on any atom is -0.368 e. The summed E-state index contributed by atoms with van der Waals surface area (Å²) >= 11 is 0. The van der Waals surface area contributed by atoms with Crippen LogP contribution in [0.4, 0.5) is 11.4 Å². The molecule has 3 aromatic rings. The molecular formula is C25H34N6O3S. The number of hydrogen-bond acceptors (Lipinski definition) is 5. The molecule has 0 aliphatic carbocycles. The fourth-order valence-electron chi connectivity index (χ4n) is 4.39. The van der Waals surface area contributed by atoms with Gasteiger partial charge in [-0.3, -0.25) is 9.52 Å². The van der Waals surface area contributed by atoms with Crippen LogP contribution in [-0.2, 0) is 23.7 Å². The average molecular weight is 499 g/mol. The lowest BCUT2D eigenvalue weighted by molar-refractivity contribution is 0.0748. The third-order valence-electron chi connectivity index (χ3n) is 6.30. The van der Waals surface area contributed by atoms with Gasteiger partial charge in [-0.1, -0.05) is 32.0 Å². The van der Waals surface area contributed by atoms with E-state index >= 15 is 0 Å². The molecule has 10 heteroatoms. The summed E-state index contributed by atoms with van der Waals surface area (Å²) in [4.78, 5) is 22.6. The molecule has 1 N–H and O–H groups in total. The Morgan fingerprint density at radius 2 is 1.74 bits per heavy atom. The van der Waals surface area contributed by atoms with E-state index in [-0.39, 0.29) is 5.91 Å². The first kappa shape index (κ1) is 25.0. The van der Waals surface area contributed by atoms with Crippen molar-refractivity contribution >= 4 is 38.5 Å². The minimum atomic E-state index is -3.73. The van der Waals surface area contributed by atoms with Crippen LogP contribution in [0.3, 0.4) is 0 Å². The van der Waals surface area contributed by atoms with Crippen LogP contribution >= 0.6 is 0 Å². The molecule has 1 aromatic heterocycles. The maximum absolute atomic E-state index is 13.8. The molecule has 1 saturated heterocycles. The predicted octanol–water partition coefficient (Wildman–Crippen LogP) is 2.95. The highest BCUT2D eigenvalue weighted by Gasteiger charge is 2.27. The summed E-state index contributed by atoms with van der Waals surface area (Å²) in [6, 6.07) is 13.5. The van der Waals surface area contributed by atoms with Crippen LogP contribution in [0, 0.1) is 5.92 Å². The normalized spacial score (nSPS) is 14.8. The number of benzene rings is 2. The number of aromatic nitrogens is 2. The molecule has 2 heterocycles. The number of aryl methyl sites for hydroxylation is 1. The van der Waals surface area contributed by atoms with Gasteiger partial charge < -0.3 is 14.4 Å². The van der Waals surface area contributed by atoms with E-state index in [0.29, 0.717) is 35.8 Å². The summed E-state index contributed by atoms with van der Waals surface area (Å²) in [6.45, 7) is 6.87. The zero-order chi connectivity index (χ0) is 25.3. The molecule has 4 rings (SSSR count). The molecule has 0 saturated carbocycles. The number of para-hydroxylation sites is 1. The molecule has 0 radical (unpaired) electrons. The van der Waals surface area contributed by atoms with Gasteiger partial charge in [0.05, 0.1) is 22.3 Å². The third-order valence-corrected chi connectivity index (χ3v) is 7.75. The van der Waals surface area contributed by atoms with Crippen LogP contribution in [0.2, 0.25) is 0 Å². The van der Waals surface area contributed by atoms with E-state index in [1.165, 1.54) is 14.1 Å². The Morgan fingerprint density at radius 3 is 2.34 bits per heavy atom. The molecule has 0 unspecified atom stereocenters. The van der Waals surface area contributed by atoms with Crippen molar-refractivity contribution in [1.82, 2.24) is 18.8 Å². The van der Waals surface area contributed by atoms with E-state index in [0.717, 1.165) is 40.8 Å². The second kappa shape index (κ2) is 9.87. The van der Waals surface area contributed by atoms with E-state index < -0.39 is 10.2 Å². The maximum atomic E-state index is 13.8. The van der Waals surface area contributed by atoms with Crippen LogP contribution in [0.1, 0.15) is 30.0 Å². The number of anilines is 2. The van der Waals surface area contributed by atoms with Gasteiger partial charge in [0.15, 0.2) is 0 Å². The maximum Gasteiger partial charge on any atom is 0.301 e.